The molecule has 0 spiro atoms. The van der Waals surface area contributed by atoms with Crippen molar-refractivity contribution in [2.24, 2.45) is 0 Å². The first-order chi connectivity index (χ1) is 5.38. The van der Waals surface area contributed by atoms with Gasteiger partial charge in [0.05, 0.1) is 10.3 Å². The predicted molar refractivity (Wildman–Crippen MR) is 58.2 cm³/mol. The maximum Gasteiger partial charge on any atom is 0.0553 e. The first-order valence-corrected chi connectivity index (χ1v) is 5.14. The molecule has 0 saturated heterocycles. The minimum atomic E-state index is -0.296. The second-order valence-electron chi connectivity index (χ2n) is 3.71. The second-order valence-corrected chi connectivity index (χ2v) is 5.21. The van der Waals surface area contributed by atoms with Crippen LogP contribution in [0, 0.1) is 0 Å². The molecule has 0 aliphatic rings. The van der Waals surface area contributed by atoms with E-state index in [-0.39, 0.29) is 10.3 Å². The van der Waals surface area contributed by atoms with Crippen molar-refractivity contribution >= 4 is 23.2 Å². The Balaban J connectivity index is 3.80. The molecule has 0 aliphatic carbocycles. The molecule has 12 heavy (non-hydrogen) atoms. The summed E-state index contributed by atoms with van der Waals surface area (Å²) >= 11 is 12.2. The standard InChI is InChI=1S/C10H18Cl2/c1-5-8(2)6-7-9(11)10(3,4)12/h5,9H,6-7H2,1-4H3. The first-order valence-electron chi connectivity index (χ1n) is 4.32. The van der Waals surface area contributed by atoms with Crippen LogP contribution in [0.3, 0.4) is 0 Å². The Morgan fingerprint density at radius 3 is 2.33 bits per heavy atom. The molecule has 72 valence electrons. The van der Waals surface area contributed by atoms with Gasteiger partial charge >= 0.3 is 0 Å². The molecular weight excluding hydrogens is 191 g/mol. The monoisotopic (exact) mass is 208 g/mol. The zero-order valence-electron chi connectivity index (χ0n) is 8.32. The molecule has 0 saturated carbocycles. The van der Waals surface area contributed by atoms with Gasteiger partial charge in [-0.15, -0.1) is 23.2 Å². The number of rotatable bonds is 4. The van der Waals surface area contributed by atoms with Crippen LogP contribution >= 0.6 is 23.2 Å². The van der Waals surface area contributed by atoms with E-state index in [1.807, 2.05) is 20.8 Å². The molecule has 0 amide bonds. The third-order valence-electron chi connectivity index (χ3n) is 2.03. The molecule has 0 rings (SSSR count). The minimum Gasteiger partial charge on any atom is -0.121 e. The van der Waals surface area contributed by atoms with Crippen LogP contribution in [-0.4, -0.2) is 10.3 Å². The molecule has 0 aromatic rings. The van der Waals surface area contributed by atoms with Crippen LogP contribution in [-0.2, 0) is 0 Å². The van der Waals surface area contributed by atoms with Gasteiger partial charge in [0.15, 0.2) is 0 Å². The van der Waals surface area contributed by atoms with Crippen molar-refractivity contribution in [1.82, 2.24) is 0 Å². The highest BCUT2D eigenvalue weighted by Gasteiger charge is 2.24. The van der Waals surface area contributed by atoms with Gasteiger partial charge in [-0.25, -0.2) is 0 Å². The van der Waals surface area contributed by atoms with Crippen LogP contribution in [0.1, 0.15) is 40.5 Å². The number of hydrogen-bond acceptors (Lipinski definition) is 0. The third-order valence-corrected chi connectivity index (χ3v) is 3.17. The Hall–Kier alpha value is 0.320. The van der Waals surface area contributed by atoms with Crippen molar-refractivity contribution in [3.8, 4) is 0 Å². The van der Waals surface area contributed by atoms with Crippen molar-refractivity contribution in [3.63, 3.8) is 0 Å². The highest BCUT2D eigenvalue weighted by molar-refractivity contribution is 6.32. The van der Waals surface area contributed by atoms with Gasteiger partial charge in [-0.3, -0.25) is 0 Å². The lowest BCUT2D eigenvalue weighted by Crippen LogP contribution is -2.25. The molecule has 0 heterocycles. The molecule has 0 nitrogen and oxygen atoms in total. The fourth-order valence-corrected chi connectivity index (χ4v) is 1.06. The van der Waals surface area contributed by atoms with E-state index in [1.54, 1.807) is 0 Å². The predicted octanol–water partition coefficient (Wildman–Crippen LogP) is 4.36. The molecular formula is C10H18Cl2. The van der Waals surface area contributed by atoms with Crippen molar-refractivity contribution in [1.29, 1.82) is 0 Å². The van der Waals surface area contributed by atoms with E-state index in [2.05, 4.69) is 13.0 Å². The molecule has 0 fully saturated rings. The third kappa shape index (κ3) is 5.05. The maximum absolute atomic E-state index is 6.10. The summed E-state index contributed by atoms with van der Waals surface area (Å²) < 4.78 is 0. The van der Waals surface area contributed by atoms with Crippen molar-refractivity contribution in [2.75, 3.05) is 0 Å². The summed E-state index contributed by atoms with van der Waals surface area (Å²) in [5, 5.41) is 0.0501. The normalized spacial score (nSPS) is 16.3. The topological polar surface area (TPSA) is 0 Å². The van der Waals surface area contributed by atoms with Crippen LogP contribution in [0.15, 0.2) is 11.6 Å². The molecule has 1 atom stereocenters. The van der Waals surface area contributed by atoms with Crippen LogP contribution in [0.25, 0.3) is 0 Å². The van der Waals surface area contributed by atoms with Crippen LogP contribution in [0.5, 0.6) is 0 Å². The number of halogens is 2. The summed E-state index contributed by atoms with van der Waals surface area (Å²) in [7, 11) is 0. The van der Waals surface area contributed by atoms with E-state index in [0.717, 1.165) is 12.8 Å². The van der Waals surface area contributed by atoms with E-state index in [0.29, 0.717) is 0 Å². The first kappa shape index (κ1) is 12.3. The van der Waals surface area contributed by atoms with E-state index in [9.17, 15) is 0 Å². The molecule has 0 N–H and O–H groups in total. The van der Waals surface area contributed by atoms with Gasteiger partial charge in [0.1, 0.15) is 0 Å². The summed E-state index contributed by atoms with van der Waals surface area (Å²) in [5.74, 6) is 0. The smallest absolute Gasteiger partial charge is 0.0553 e. The Morgan fingerprint density at radius 1 is 1.50 bits per heavy atom. The Labute approximate surface area is 85.9 Å². The van der Waals surface area contributed by atoms with Gasteiger partial charge in [-0.2, -0.15) is 0 Å². The lowest BCUT2D eigenvalue weighted by atomic mass is 10.0. The average molecular weight is 209 g/mol. The number of hydrogen-bond donors (Lipinski definition) is 0. The fourth-order valence-electron chi connectivity index (χ4n) is 0.842. The Bertz CT molecular complexity index is 154. The summed E-state index contributed by atoms with van der Waals surface area (Å²) in [6, 6.07) is 0. The lowest BCUT2D eigenvalue weighted by Gasteiger charge is -2.22. The second kappa shape index (κ2) is 5.14. The van der Waals surface area contributed by atoms with Gasteiger partial charge in [-0.1, -0.05) is 11.6 Å². The minimum absolute atomic E-state index is 0.0501. The van der Waals surface area contributed by atoms with Crippen molar-refractivity contribution in [3.05, 3.63) is 11.6 Å². The molecule has 0 bridgehead atoms. The number of alkyl halides is 2. The lowest BCUT2D eigenvalue weighted by molar-refractivity contribution is 0.599. The van der Waals surface area contributed by atoms with Gasteiger partial charge in [-0.05, 0) is 40.5 Å². The zero-order valence-corrected chi connectivity index (χ0v) is 9.84. The zero-order chi connectivity index (χ0) is 9.78. The van der Waals surface area contributed by atoms with E-state index >= 15 is 0 Å². The summed E-state index contributed by atoms with van der Waals surface area (Å²) in [5.41, 5.74) is 1.38. The molecule has 0 aromatic heterocycles. The van der Waals surface area contributed by atoms with Gasteiger partial charge in [0.25, 0.3) is 0 Å². The quantitative estimate of drug-likeness (QED) is 0.476. The molecule has 0 radical (unpaired) electrons. The van der Waals surface area contributed by atoms with Crippen LogP contribution < -0.4 is 0 Å². The number of allylic oxidation sites excluding steroid dienone is 2. The molecule has 1 unspecified atom stereocenters. The largest absolute Gasteiger partial charge is 0.121 e. The Kier molecular flexibility index (Phi) is 5.27. The van der Waals surface area contributed by atoms with Crippen LogP contribution in [0.4, 0.5) is 0 Å². The van der Waals surface area contributed by atoms with Gasteiger partial charge < -0.3 is 0 Å². The Morgan fingerprint density at radius 2 is 2.00 bits per heavy atom. The molecule has 0 aromatic carbocycles. The van der Waals surface area contributed by atoms with Gasteiger partial charge in [0.2, 0.25) is 0 Å². The average Bonchev–Trinajstić information content (AvgIpc) is 1.97. The van der Waals surface area contributed by atoms with Crippen molar-refractivity contribution in [2.45, 2.75) is 50.8 Å². The SMILES string of the molecule is CC=C(C)CCC(Cl)C(C)(C)Cl. The van der Waals surface area contributed by atoms with Crippen molar-refractivity contribution < 1.29 is 0 Å². The maximum atomic E-state index is 6.10. The van der Waals surface area contributed by atoms with E-state index in [4.69, 9.17) is 23.2 Å². The summed E-state index contributed by atoms with van der Waals surface area (Å²) in [6.07, 6.45) is 4.11. The summed E-state index contributed by atoms with van der Waals surface area (Å²) in [4.78, 5) is -0.296. The van der Waals surface area contributed by atoms with E-state index < -0.39 is 0 Å². The van der Waals surface area contributed by atoms with E-state index in [1.165, 1.54) is 5.57 Å². The summed E-state index contributed by atoms with van der Waals surface area (Å²) in [6.45, 7) is 8.07. The highest BCUT2D eigenvalue weighted by atomic mass is 35.5. The molecule has 0 aliphatic heterocycles. The van der Waals surface area contributed by atoms with Crippen LogP contribution in [0.2, 0.25) is 0 Å². The molecule has 2 heteroatoms. The fraction of sp³-hybridized carbons (Fsp3) is 0.800. The van der Waals surface area contributed by atoms with Gasteiger partial charge in [0, 0.05) is 0 Å². The highest BCUT2D eigenvalue weighted by Crippen LogP contribution is 2.27.